The molecule has 2 aromatic carbocycles. The smallest absolute Gasteiger partial charge is 0.235 e. The highest BCUT2D eigenvalue weighted by Crippen LogP contribution is 2.28. The Labute approximate surface area is 135 Å². The normalized spacial score (nSPS) is 10.3. The lowest BCUT2D eigenvalue weighted by atomic mass is 10.1. The van der Waals surface area contributed by atoms with E-state index in [-0.39, 0.29) is 0 Å². The molecule has 0 fully saturated rings. The second-order valence-corrected chi connectivity index (χ2v) is 5.49. The highest BCUT2D eigenvalue weighted by Gasteiger charge is 2.18. The number of anilines is 1. The van der Waals surface area contributed by atoms with Crippen molar-refractivity contribution in [2.45, 2.75) is 13.5 Å². The standard InChI is InChI=1S/C19H17N3O/c1-14-8-10-16(11-9-14)18-21-17(12-20)19(23-18)22(2)13-15-6-4-3-5-7-15/h3-11H,13H2,1-2H3. The van der Waals surface area contributed by atoms with Crippen molar-refractivity contribution in [1.29, 1.82) is 5.26 Å². The van der Waals surface area contributed by atoms with Gasteiger partial charge in [0.15, 0.2) is 0 Å². The molecule has 0 saturated carbocycles. The zero-order valence-electron chi connectivity index (χ0n) is 13.2. The van der Waals surface area contributed by atoms with Gasteiger partial charge in [0.05, 0.1) is 0 Å². The molecule has 0 saturated heterocycles. The molecule has 0 radical (unpaired) electrons. The van der Waals surface area contributed by atoms with Crippen molar-refractivity contribution in [1.82, 2.24) is 4.98 Å². The minimum atomic E-state index is 0.305. The predicted octanol–water partition coefficient (Wildman–Crippen LogP) is 4.16. The van der Waals surface area contributed by atoms with Crippen LogP contribution in [-0.4, -0.2) is 12.0 Å². The van der Waals surface area contributed by atoms with E-state index in [1.165, 1.54) is 5.56 Å². The maximum atomic E-state index is 9.34. The summed E-state index contributed by atoms with van der Waals surface area (Å²) in [6, 6.07) is 20.1. The van der Waals surface area contributed by atoms with Crippen molar-refractivity contribution in [2.75, 3.05) is 11.9 Å². The second kappa shape index (κ2) is 6.37. The first kappa shape index (κ1) is 14.9. The zero-order valence-corrected chi connectivity index (χ0v) is 13.2. The van der Waals surface area contributed by atoms with Crippen molar-refractivity contribution in [3.63, 3.8) is 0 Å². The zero-order chi connectivity index (χ0) is 16.2. The summed E-state index contributed by atoms with van der Waals surface area (Å²) in [5, 5.41) is 9.34. The first-order valence-electron chi connectivity index (χ1n) is 7.40. The third kappa shape index (κ3) is 3.24. The summed E-state index contributed by atoms with van der Waals surface area (Å²) in [5.41, 5.74) is 3.49. The number of oxazole rings is 1. The van der Waals surface area contributed by atoms with Crippen LogP contribution in [0.25, 0.3) is 11.5 Å². The van der Waals surface area contributed by atoms with Gasteiger partial charge in [-0.2, -0.15) is 10.2 Å². The summed E-state index contributed by atoms with van der Waals surface area (Å²) >= 11 is 0. The van der Waals surface area contributed by atoms with Gasteiger partial charge in [0, 0.05) is 19.2 Å². The Morgan fingerprint density at radius 2 is 1.78 bits per heavy atom. The molecule has 0 aliphatic carbocycles. The molecule has 0 N–H and O–H groups in total. The van der Waals surface area contributed by atoms with Gasteiger partial charge in [-0.05, 0) is 24.6 Å². The number of aryl methyl sites for hydroxylation is 1. The van der Waals surface area contributed by atoms with Crippen molar-refractivity contribution >= 4 is 5.88 Å². The van der Waals surface area contributed by atoms with Crippen molar-refractivity contribution in [3.8, 4) is 17.5 Å². The van der Waals surface area contributed by atoms with E-state index in [0.717, 1.165) is 11.1 Å². The quantitative estimate of drug-likeness (QED) is 0.726. The minimum Gasteiger partial charge on any atom is -0.419 e. The Hall–Kier alpha value is -3.06. The van der Waals surface area contributed by atoms with Gasteiger partial charge in [0.1, 0.15) is 6.07 Å². The van der Waals surface area contributed by atoms with Crippen LogP contribution in [0.3, 0.4) is 0 Å². The van der Waals surface area contributed by atoms with E-state index in [9.17, 15) is 5.26 Å². The lowest BCUT2D eigenvalue weighted by Crippen LogP contribution is -2.16. The Balaban J connectivity index is 1.90. The third-order valence-electron chi connectivity index (χ3n) is 3.62. The van der Waals surface area contributed by atoms with Crippen LogP contribution in [0.5, 0.6) is 0 Å². The Morgan fingerprint density at radius 1 is 1.09 bits per heavy atom. The highest BCUT2D eigenvalue weighted by atomic mass is 16.4. The molecule has 1 aromatic heterocycles. The number of hydrogen-bond acceptors (Lipinski definition) is 4. The van der Waals surface area contributed by atoms with E-state index >= 15 is 0 Å². The van der Waals surface area contributed by atoms with Gasteiger partial charge in [-0.3, -0.25) is 0 Å². The SMILES string of the molecule is Cc1ccc(-c2nc(C#N)c(N(C)Cc3ccccc3)o2)cc1. The summed E-state index contributed by atoms with van der Waals surface area (Å²) in [5.74, 6) is 0.961. The predicted molar refractivity (Wildman–Crippen MR) is 89.9 cm³/mol. The van der Waals surface area contributed by atoms with Crippen molar-refractivity contribution < 1.29 is 4.42 Å². The van der Waals surface area contributed by atoms with E-state index in [0.29, 0.717) is 24.0 Å². The number of nitrogens with zero attached hydrogens (tertiary/aromatic N) is 3. The molecule has 4 heteroatoms. The van der Waals surface area contributed by atoms with Gasteiger partial charge in [-0.15, -0.1) is 0 Å². The van der Waals surface area contributed by atoms with Crippen LogP contribution >= 0.6 is 0 Å². The monoisotopic (exact) mass is 303 g/mol. The number of benzene rings is 2. The largest absolute Gasteiger partial charge is 0.419 e. The molecule has 0 atom stereocenters. The number of nitriles is 1. The van der Waals surface area contributed by atoms with Crippen LogP contribution in [0.1, 0.15) is 16.8 Å². The van der Waals surface area contributed by atoms with Gasteiger partial charge in [-0.1, -0.05) is 48.0 Å². The maximum absolute atomic E-state index is 9.34. The van der Waals surface area contributed by atoms with Gasteiger partial charge in [0.2, 0.25) is 17.5 Å². The number of rotatable bonds is 4. The fourth-order valence-electron chi connectivity index (χ4n) is 2.39. The van der Waals surface area contributed by atoms with Crippen LogP contribution in [0.4, 0.5) is 5.88 Å². The number of hydrogen-bond donors (Lipinski definition) is 0. The molecule has 0 aliphatic rings. The van der Waals surface area contributed by atoms with Gasteiger partial charge >= 0.3 is 0 Å². The highest BCUT2D eigenvalue weighted by molar-refractivity contribution is 5.59. The molecule has 0 amide bonds. The molecule has 4 nitrogen and oxygen atoms in total. The van der Waals surface area contributed by atoms with Crippen LogP contribution in [0.15, 0.2) is 59.0 Å². The average Bonchev–Trinajstić information content (AvgIpc) is 3.01. The fourth-order valence-corrected chi connectivity index (χ4v) is 2.39. The van der Waals surface area contributed by atoms with Crippen LogP contribution in [0.2, 0.25) is 0 Å². The summed E-state index contributed by atoms with van der Waals surface area (Å²) in [4.78, 5) is 6.22. The molecule has 1 heterocycles. The maximum Gasteiger partial charge on any atom is 0.235 e. The summed E-state index contributed by atoms with van der Waals surface area (Å²) in [6.45, 7) is 2.68. The van der Waals surface area contributed by atoms with E-state index in [1.807, 2.05) is 73.5 Å². The van der Waals surface area contributed by atoms with Gasteiger partial charge < -0.3 is 9.32 Å². The van der Waals surface area contributed by atoms with Crippen molar-refractivity contribution in [3.05, 3.63) is 71.4 Å². The topological polar surface area (TPSA) is 53.1 Å². The van der Waals surface area contributed by atoms with E-state index in [1.54, 1.807) is 0 Å². The molecule has 0 unspecified atom stereocenters. The van der Waals surface area contributed by atoms with Crippen LogP contribution < -0.4 is 4.90 Å². The first-order chi connectivity index (χ1) is 11.2. The molecule has 114 valence electrons. The summed E-state index contributed by atoms with van der Waals surface area (Å²) in [7, 11) is 1.90. The second-order valence-electron chi connectivity index (χ2n) is 5.49. The Kier molecular flexibility index (Phi) is 4.11. The number of aromatic nitrogens is 1. The molecule has 3 aromatic rings. The molecule has 23 heavy (non-hydrogen) atoms. The molecule has 0 aliphatic heterocycles. The average molecular weight is 303 g/mol. The first-order valence-corrected chi connectivity index (χ1v) is 7.40. The Bertz CT molecular complexity index is 829. The fraction of sp³-hybridized carbons (Fsp3) is 0.158. The van der Waals surface area contributed by atoms with Crippen LogP contribution in [-0.2, 0) is 6.54 Å². The van der Waals surface area contributed by atoms with E-state index in [4.69, 9.17) is 4.42 Å². The van der Waals surface area contributed by atoms with Gasteiger partial charge in [0.25, 0.3) is 0 Å². The van der Waals surface area contributed by atoms with Crippen molar-refractivity contribution in [2.24, 2.45) is 0 Å². The molecular formula is C19H17N3O. The lowest BCUT2D eigenvalue weighted by Gasteiger charge is -2.15. The Morgan fingerprint density at radius 3 is 2.43 bits per heavy atom. The van der Waals surface area contributed by atoms with E-state index in [2.05, 4.69) is 11.1 Å². The molecule has 0 bridgehead atoms. The van der Waals surface area contributed by atoms with E-state index < -0.39 is 0 Å². The summed E-state index contributed by atoms with van der Waals surface area (Å²) < 4.78 is 5.86. The van der Waals surface area contributed by atoms with Gasteiger partial charge in [-0.25, -0.2) is 0 Å². The van der Waals surface area contributed by atoms with Crippen LogP contribution in [0, 0.1) is 18.3 Å². The summed E-state index contributed by atoms with van der Waals surface area (Å²) in [6.07, 6.45) is 0. The molecule has 0 spiro atoms. The third-order valence-corrected chi connectivity index (χ3v) is 3.62. The molecular weight excluding hydrogens is 286 g/mol. The molecule has 3 rings (SSSR count). The lowest BCUT2D eigenvalue weighted by molar-refractivity contribution is 0.561. The minimum absolute atomic E-state index is 0.305.